The predicted molar refractivity (Wildman–Crippen MR) is 126 cm³/mol. The van der Waals surface area contributed by atoms with Gasteiger partial charge in [0.1, 0.15) is 6.10 Å². The third-order valence-electron chi connectivity index (χ3n) is 5.46. The van der Waals surface area contributed by atoms with Crippen LogP contribution in [0.25, 0.3) is 11.8 Å². The van der Waals surface area contributed by atoms with E-state index in [0.29, 0.717) is 31.2 Å². The van der Waals surface area contributed by atoms with Gasteiger partial charge in [0.25, 0.3) is 0 Å². The molecule has 0 radical (unpaired) electrons. The molecule has 0 saturated heterocycles. The molecule has 2 rings (SSSR count). The Balaban J connectivity index is 2.25. The molecule has 2 aromatic rings. The van der Waals surface area contributed by atoms with Crippen LogP contribution in [0.4, 0.5) is 0 Å². The maximum Gasteiger partial charge on any atom is 0.221 e. The van der Waals surface area contributed by atoms with Gasteiger partial charge in [0.05, 0.1) is 35.8 Å². The van der Waals surface area contributed by atoms with Gasteiger partial charge in [0, 0.05) is 37.4 Å². The van der Waals surface area contributed by atoms with Gasteiger partial charge in [-0.25, -0.2) is 4.68 Å². The average molecular weight is 431 g/mol. The van der Waals surface area contributed by atoms with Crippen molar-refractivity contribution in [3.8, 4) is 5.88 Å². The van der Waals surface area contributed by atoms with Crippen LogP contribution < -0.4 is 10.5 Å². The van der Waals surface area contributed by atoms with Crippen molar-refractivity contribution in [2.24, 2.45) is 12.8 Å². The van der Waals surface area contributed by atoms with E-state index in [9.17, 15) is 5.11 Å². The van der Waals surface area contributed by atoms with Crippen LogP contribution in [-0.4, -0.2) is 54.9 Å². The summed E-state index contributed by atoms with van der Waals surface area (Å²) in [5.41, 5.74) is 11.5. The Bertz CT molecular complexity index is 925. The number of nitrogens with two attached hydrogens (primary N) is 1. The number of nitrogens with zero attached hydrogens (tertiary/aromatic N) is 5. The molecule has 8 heteroatoms. The van der Waals surface area contributed by atoms with Gasteiger partial charge in [-0.15, -0.1) is 0 Å². The lowest BCUT2D eigenvalue weighted by Gasteiger charge is -2.30. The first-order valence-corrected chi connectivity index (χ1v) is 10.8. The monoisotopic (exact) mass is 430 g/mol. The van der Waals surface area contributed by atoms with Gasteiger partial charge < -0.3 is 15.6 Å². The van der Waals surface area contributed by atoms with Gasteiger partial charge in [-0.1, -0.05) is 18.7 Å². The van der Waals surface area contributed by atoms with Crippen molar-refractivity contribution in [2.45, 2.75) is 66.8 Å². The third-order valence-corrected chi connectivity index (χ3v) is 5.46. The molecule has 1 unspecified atom stereocenters. The van der Waals surface area contributed by atoms with Crippen LogP contribution in [0.1, 0.15) is 55.9 Å². The fourth-order valence-corrected chi connectivity index (χ4v) is 3.81. The van der Waals surface area contributed by atoms with Crippen molar-refractivity contribution in [3.63, 3.8) is 0 Å². The molecule has 0 fully saturated rings. The number of ether oxygens (including phenoxy) is 1. The lowest BCUT2D eigenvalue weighted by atomic mass is 10.1. The topological polar surface area (TPSA) is 94.4 Å². The molecule has 0 aliphatic rings. The van der Waals surface area contributed by atoms with Crippen molar-refractivity contribution < 1.29 is 9.84 Å². The van der Waals surface area contributed by atoms with Crippen LogP contribution in [0.3, 0.4) is 0 Å². The van der Waals surface area contributed by atoms with Gasteiger partial charge in [0.15, 0.2) is 0 Å². The predicted octanol–water partition coefficient (Wildman–Crippen LogP) is 2.87. The summed E-state index contributed by atoms with van der Waals surface area (Å²) >= 11 is 0. The quantitative estimate of drug-likeness (QED) is 0.569. The number of hydrogen-bond acceptors (Lipinski definition) is 6. The number of aromatic nitrogens is 4. The SMILES string of the molecule is C=Cc1c(C)nn(CCO)c1CN(CC(C)Oc1c(/C(N)=C/C)c(C)nn1C)C(C)C. The first-order chi connectivity index (χ1) is 14.6. The van der Waals surface area contributed by atoms with Crippen LogP contribution >= 0.6 is 0 Å². The molecule has 0 amide bonds. The van der Waals surface area contributed by atoms with Crippen molar-refractivity contribution in [2.75, 3.05) is 13.2 Å². The largest absolute Gasteiger partial charge is 0.473 e. The second-order valence-corrected chi connectivity index (χ2v) is 8.18. The number of aryl methyl sites for hydroxylation is 3. The van der Waals surface area contributed by atoms with E-state index in [2.05, 4.69) is 42.4 Å². The summed E-state index contributed by atoms with van der Waals surface area (Å²) in [5, 5.41) is 18.5. The van der Waals surface area contributed by atoms with Crippen molar-refractivity contribution in [1.29, 1.82) is 0 Å². The molecule has 0 aromatic carbocycles. The zero-order valence-corrected chi connectivity index (χ0v) is 20.0. The highest BCUT2D eigenvalue weighted by atomic mass is 16.5. The van der Waals surface area contributed by atoms with Crippen molar-refractivity contribution in [1.82, 2.24) is 24.5 Å². The second-order valence-electron chi connectivity index (χ2n) is 8.18. The van der Waals surface area contributed by atoms with E-state index in [1.807, 2.05) is 44.7 Å². The molecule has 0 spiro atoms. The average Bonchev–Trinajstić information content (AvgIpc) is 3.15. The number of allylic oxidation sites excluding steroid dienone is 1. The van der Waals surface area contributed by atoms with E-state index >= 15 is 0 Å². The summed E-state index contributed by atoms with van der Waals surface area (Å²) in [6, 6.07) is 0.287. The smallest absolute Gasteiger partial charge is 0.221 e. The maximum atomic E-state index is 9.45. The fraction of sp³-hybridized carbons (Fsp3) is 0.565. The Morgan fingerprint density at radius 2 is 1.94 bits per heavy atom. The molecule has 0 aliphatic carbocycles. The number of rotatable bonds is 11. The van der Waals surface area contributed by atoms with E-state index in [1.54, 1.807) is 4.68 Å². The molecule has 2 heterocycles. The van der Waals surface area contributed by atoms with Gasteiger partial charge in [-0.3, -0.25) is 9.58 Å². The Kier molecular flexibility index (Phi) is 8.47. The fourth-order valence-electron chi connectivity index (χ4n) is 3.81. The Morgan fingerprint density at radius 1 is 1.26 bits per heavy atom. The van der Waals surface area contributed by atoms with Crippen LogP contribution in [0.15, 0.2) is 12.7 Å². The van der Waals surface area contributed by atoms with Crippen molar-refractivity contribution in [3.05, 3.63) is 40.9 Å². The summed E-state index contributed by atoms with van der Waals surface area (Å²) in [4.78, 5) is 2.34. The van der Waals surface area contributed by atoms with Crippen LogP contribution in [-0.2, 0) is 20.1 Å². The Morgan fingerprint density at radius 3 is 2.48 bits per heavy atom. The molecular formula is C23H38N6O2. The second kappa shape index (κ2) is 10.6. The maximum absolute atomic E-state index is 9.45. The summed E-state index contributed by atoms with van der Waals surface area (Å²) in [7, 11) is 1.87. The van der Waals surface area contributed by atoms with Crippen molar-refractivity contribution >= 4 is 11.8 Å². The van der Waals surface area contributed by atoms with Gasteiger partial charge in [-0.2, -0.15) is 10.2 Å². The molecule has 172 valence electrons. The van der Waals surface area contributed by atoms with E-state index in [1.165, 1.54) is 0 Å². The normalized spacial score (nSPS) is 13.3. The first kappa shape index (κ1) is 24.7. The van der Waals surface area contributed by atoms with Gasteiger partial charge in [0.2, 0.25) is 5.88 Å². The van der Waals surface area contributed by atoms with Crippen LogP contribution in [0.2, 0.25) is 0 Å². The molecule has 0 bridgehead atoms. The zero-order valence-electron chi connectivity index (χ0n) is 20.0. The minimum atomic E-state index is -0.0944. The van der Waals surface area contributed by atoms with E-state index in [-0.39, 0.29) is 18.8 Å². The van der Waals surface area contributed by atoms with Crippen LogP contribution in [0, 0.1) is 13.8 Å². The lowest BCUT2D eigenvalue weighted by Crippen LogP contribution is -2.39. The van der Waals surface area contributed by atoms with Crippen LogP contribution in [0.5, 0.6) is 5.88 Å². The van der Waals surface area contributed by atoms with E-state index in [4.69, 9.17) is 10.5 Å². The zero-order chi connectivity index (χ0) is 23.3. The standard InChI is InChI=1S/C23H38N6O2/c1-9-19-17(6)26-29(11-12-30)21(19)14-28(15(3)4)13-16(5)31-23-22(20(24)10-2)18(7)25-27(23)8/h9-10,15-16,30H,1,11-14,24H2,2-8H3/b20-10-. The minimum absolute atomic E-state index is 0.0425. The summed E-state index contributed by atoms with van der Waals surface area (Å²) in [6.07, 6.45) is 3.61. The number of aliphatic hydroxyl groups excluding tert-OH is 1. The number of hydrogen-bond donors (Lipinski definition) is 2. The molecule has 31 heavy (non-hydrogen) atoms. The Labute approximate surface area is 186 Å². The highest BCUT2D eigenvalue weighted by Gasteiger charge is 2.23. The molecule has 0 aliphatic heterocycles. The Hall–Kier alpha value is -2.58. The molecule has 1 atom stereocenters. The minimum Gasteiger partial charge on any atom is -0.473 e. The summed E-state index contributed by atoms with van der Waals surface area (Å²) in [5.74, 6) is 0.678. The summed E-state index contributed by atoms with van der Waals surface area (Å²) in [6.45, 7) is 18.0. The third kappa shape index (κ3) is 5.57. The highest BCUT2D eigenvalue weighted by molar-refractivity contribution is 5.68. The van der Waals surface area contributed by atoms with E-state index < -0.39 is 0 Å². The van der Waals surface area contributed by atoms with Gasteiger partial charge in [-0.05, 0) is 41.5 Å². The first-order valence-electron chi connectivity index (χ1n) is 10.8. The molecule has 2 aromatic heterocycles. The molecular weight excluding hydrogens is 392 g/mol. The summed E-state index contributed by atoms with van der Waals surface area (Å²) < 4.78 is 9.95. The molecule has 0 saturated carbocycles. The number of aliphatic hydroxyl groups is 1. The highest BCUT2D eigenvalue weighted by Crippen LogP contribution is 2.27. The molecule has 3 N–H and O–H groups in total. The van der Waals surface area contributed by atoms with E-state index in [0.717, 1.165) is 28.2 Å². The van der Waals surface area contributed by atoms with Gasteiger partial charge >= 0.3 is 0 Å². The lowest BCUT2D eigenvalue weighted by molar-refractivity contribution is 0.108. The molecule has 8 nitrogen and oxygen atoms in total.